The van der Waals surface area contributed by atoms with Gasteiger partial charge >= 0.3 is 0 Å². The fourth-order valence-electron chi connectivity index (χ4n) is 2.49. The lowest BCUT2D eigenvalue weighted by Crippen LogP contribution is -2.23. The topological polar surface area (TPSA) is 89.0 Å². The first-order valence-corrected chi connectivity index (χ1v) is 11.3. The molecule has 1 N–H and O–H groups in total. The van der Waals surface area contributed by atoms with Crippen LogP contribution in [0, 0.1) is 12.7 Å². The molecule has 0 bridgehead atoms. The van der Waals surface area contributed by atoms with E-state index in [0.29, 0.717) is 24.1 Å². The smallest absolute Gasteiger partial charge is 0.240 e. The number of carbonyl (C=O) groups is 1. The standard InChI is InChI=1S/C19H17ClFN3O3S2/c1-12-22-11-14(28-12)3-7-19(25)18-6-2-13(9-23-18)10-24-29(26,27)15-4-5-17(21)16(20)8-15/h2,4-6,8-9,11,24H,3,7,10H2,1H3. The molecule has 1 aromatic carbocycles. The van der Waals surface area contributed by atoms with Crippen molar-refractivity contribution in [3.8, 4) is 0 Å². The zero-order valence-corrected chi connectivity index (χ0v) is 17.7. The quantitative estimate of drug-likeness (QED) is 0.522. The van der Waals surface area contributed by atoms with Gasteiger partial charge in [0.15, 0.2) is 5.78 Å². The molecule has 152 valence electrons. The number of Topliss-reactive ketones (excluding diaryl/α,β-unsaturated/α-hetero) is 1. The minimum atomic E-state index is -3.86. The van der Waals surface area contributed by atoms with Crippen LogP contribution in [0.3, 0.4) is 0 Å². The molecule has 0 atom stereocenters. The molecule has 0 aliphatic heterocycles. The molecule has 0 aliphatic carbocycles. The normalized spacial score (nSPS) is 11.6. The van der Waals surface area contributed by atoms with Crippen LogP contribution in [-0.4, -0.2) is 24.2 Å². The number of carbonyl (C=O) groups excluding carboxylic acids is 1. The van der Waals surface area contributed by atoms with Crippen LogP contribution in [0.2, 0.25) is 5.02 Å². The molecule has 2 heterocycles. The van der Waals surface area contributed by atoms with Crippen LogP contribution in [0.5, 0.6) is 0 Å². The van der Waals surface area contributed by atoms with Gasteiger partial charge in [0.2, 0.25) is 10.0 Å². The second kappa shape index (κ2) is 9.08. The SMILES string of the molecule is Cc1ncc(CCC(=O)c2ccc(CNS(=O)(=O)c3ccc(F)c(Cl)c3)cn2)s1. The van der Waals surface area contributed by atoms with E-state index in [1.807, 2.05) is 6.92 Å². The molecule has 3 rings (SSSR count). The summed E-state index contributed by atoms with van der Waals surface area (Å²) in [5.41, 5.74) is 0.902. The van der Waals surface area contributed by atoms with Gasteiger partial charge in [-0.3, -0.25) is 9.78 Å². The number of aryl methyl sites for hydroxylation is 2. The Balaban J connectivity index is 1.58. The van der Waals surface area contributed by atoms with E-state index in [4.69, 9.17) is 11.6 Å². The number of thiazole rings is 1. The van der Waals surface area contributed by atoms with Crippen LogP contribution in [0.1, 0.15) is 32.4 Å². The minimum Gasteiger partial charge on any atom is -0.292 e. The number of halogens is 2. The van der Waals surface area contributed by atoms with Gasteiger partial charge in [0, 0.05) is 30.2 Å². The molecular weight excluding hydrogens is 437 g/mol. The number of hydrogen-bond acceptors (Lipinski definition) is 6. The third kappa shape index (κ3) is 5.66. The van der Waals surface area contributed by atoms with Gasteiger partial charge in [-0.25, -0.2) is 22.5 Å². The molecule has 0 radical (unpaired) electrons. The lowest BCUT2D eigenvalue weighted by Gasteiger charge is -2.08. The van der Waals surface area contributed by atoms with Crippen molar-refractivity contribution in [2.45, 2.75) is 31.2 Å². The maximum atomic E-state index is 13.2. The first-order chi connectivity index (χ1) is 13.7. The van der Waals surface area contributed by atoms with E-state index in [9.17, 15) is 17.6 Å². The summed E-state index contributed by atoms with van der Waals surface area (Å²) in [5.74, 6) is -0.787. The molecule has 0 amide bonds. The zero-order valence-electron chi connectivity index (χ0n) is 15.4. The van der Waals surface area contributed by atoms with Gasteiger partial charge in [0.25, 0.3) is 0 Å². The lowest BCUT2D eigenvalue weighted by molar-refractivity contribution is 0.0978. The van der Waals surface area contributed by atoms with E-state index in [1.54, 1.807) is 29.7 Å². The number of nitrogens with zero attached hydrogens (tertiary/aromatic N) is 2. The molecule has 3 aromatic rings. The number of sulfonamides is 1. The van der Waals surface area contributed by atoms with Crippen molar-refractivity contribution in [2.75, 3.05) is 0 Å². The minimum absolute atomic E-state index is 0.0288. The van der Waals surface area contributed by atoms with E-state index in [1.165, 1.54) is 6.20 Å². The van der Waals surface area contributed by atoms with Crippen molar-refractivity contribution in [1.82, 2.24) is 14.7 Å². The number of aromatic nitrogens is 2. The second-order valence-electron chi connectivity index (χ2n) is 6.22. The first kappa shape index (κ1) is 21.5. The van der Waals surface area contributed by atoms with Gasteiger partial charge in [0.1, 0.15) is 11.5 Å². The summed E-state index contributed by atoms with van der Waals surface area (Å²) in [6, 6.07) is 6.38. The summed E-state index contributed by atoms with van der Waals surface area (Å²) >= 11 is 7.20. The third-order valence-electron chi connectivity index (χ3n) is 4.05. The third-order valence-corrected chi connectivity index (χ3v) is 6.71. The molecule has 0 spiro atoms. The molecule has 0 aliphatic rings. The van der Waals surface area contributed by atoms with Gasteiger partial charge in [-0.15, -0.1) is 11.3 Å². The van der Waals surface area contributed by atoms with Gasteiger partial charge < -0.3 is 0 Å². The van der Waals surface area contributed by atoms with Gasteiger partial charge in [-0.05, 0) is 43.2 Å². The van der Waals surface area contributed by atoms with Crippen molar-refractivity contribution in [1.29, 1.82) is 0 Å². The molecule has 2 aromatic heterocycles. The summed E-state index contributed by atoms with van der Waals surface area (Å²) in [6.07, 6.45) is 4.15. The van der Waals surface area contributed by atoms with E-state index in [0.717, 1.165) is 28.1 Å². The second-order valence-corrected chi connectivity index (χ2v) is 9.71. The van der Waals surface area contributed by atoms with E-state index in [-0.39, 0.29) is 22.2 Å². The summed E-state index contributed by atoms with van der Waals surface area (Å²) in [6.45, 7) is 1.88. The van der Waals surface area contributed by atoms with Crippen molar-refractivity contribution >= 4 is 38.7 Å². The fraction of sp³-hybridized carbons (Fsp3) is 0.211. The Bertz CT molecular complexity index is 1130. The molecule has 0 saturated carbocycles. The van der Waals surface area contributed by atoms with Crippen LogP contribution >= 0.6 is 22.9 Å². The monoisotopic (exact) mass is 453 g/mol. The average molecular weight is 454 g/mol. The average Bonchev–Trinajstić information content (AvgIpc) is 3.12. The Morgan fingerprint density at radius 3 is 2.62 bits per heavy atom. The number of rotatable bonds is 8. The molecule has 0 fully saturated rings. The number of ketones is 1. The Hall–Kier alpha value is -2.20. The highest BCUT2D eigenvalue weighted by atomic mass is 35.5. The number of hydrogen-bond donors (Lipinski definition) is 1. The van der Waals surface area contributed by atoms with Crippen LogP contribution in [0.15, 0.2) is 47.6 Å². The van der Waals surface area contributed by atoms with Crippen molar-refractivity contribution in [3.05, 3.63) is 74.7 Å². The van der Waals surface area contributed by atoms with Crippen molar-refractivity contribution < 1.29 is 17.6 Å². The maximum Gasteiger partial charge on any atom is 0.240 e. The molecule has 0 unspecified atom stereocenters. The Morgan fingerprint density at radius 1 is 1.21 bits per heavy atom. The maximum absolute atomic E-state index is 13.2. The van der Waals surface area contributed by atoms with Crippen LogP contribution in [-0.2, 0) is 23.0 Å². The van der Waals surface area contributed by atoms with E-state index >= 15 is 0 Å². The van der Waals surface area contributed by atoms with Crippen molar-refractivity contribution in [3.63, 3.8) is 0 Å². The van der Waals surface area contributed by atoms with Crippen LogP contribution < -0.4 is 4.72 Å². The molecule has 6 nitrogen and oxygen atoms in total. The highest BCUT2D eigenvalue weighted by Gasteiger charge is 2.16. The summed E-state index contributed by atoms with van der Waals surface area (Å²) in [4.78, 5) is 21.5. The summed E-state index contributed by atoms with van der Waals surface area (Å²) in [7, 11) is -3.86. The van der Waals surface area contributed by atoms with Gasteiger partial charge in [0.05, 0.1) is 14.9 Å². The van der Waals surface area contributed by atoms with Crippen LogP contribution in [0.25, 0.3) is 0 Å². The summed E-state index contributed by atoms with van der Waals surface area (Å²) in [5, 5.41) is 0.686. The van der Waals surface area contributed by atoms with Crippen LogP contribution in [0.4, 0.5) is 4.39 Å². The molecule has 29 heavy (non-hydrogen) atoms. The summed E-state index contributed by atoms with van der Waals surface area (Å²) < 4.78 is 40.2. The highest BCUT2D eigenvalue weighted by Crippen LogP contribution is 2.19. The molecular formula is C19H17ClFN3O3S2. The Morgan fingerprint density at radius 2 is 2.00 bits per heavy atom. The zero-order chi connectivity index (χ0) is 21.0. The van der Waals surface area contributed by atoms with E-state index < -0.39 is 15.8 Å². The Kier molecular flexibility index (Phi) is 6.74. The largest absolute Gasteiger partial charge is 0.292 e. The van der Waals surface area contributed by atoms with E-state index in [2.05, 4.69) is 14.7 Å². The predicted molar refractivity (Wildman–Crippen MR) is 109 cm³/mol. The van der Waals surface area contributed by atoms with Gasteiger partial charge in [-0.1, -0.05) is 17.7 Å². The fourth-order valence-corrected chi connectivity index (χ4v) is 4.57. The molecule has 0 saturated heterocycles. The number of nitrogens with one attached hydrogen (secondary N) is 1. The Labute approximate surface area is 176 Å². The molecule has 10 heteroatoms. The van der Waals surface area contributed by atoms with Crippen molar-refractivity contribution in [2.24, 2.45) is 0 Å². The number of pyridine rings is 1. The van der Waals surface area contributed by atoms with Gasteiger partial charge in [-0.2, -0.15) is 0 Å². The lowest BCUT2D eigenvalue weighted by atomic mass is 10.1. The number of benzene rings is 1. The highest BCUT2D eigenvalue weighted by molar-refractivity contribution is 7.89. The predicted octanol–water partition coefficient (Wildman–Crippen LogP) is 3.93. The first-order valence-electron chi connectivity index (χ1n) is 8.59.